The smallest absolute Gasteiger partial charge is 0.258 e. The van der Waals surface area contributed by atoms with Gasteiger partial charge in [-0.15, -0.1) is 0 Å². The quantitative estimate of drug-likeness (QED) is 0.790. The van der Waals surface area contributed by atoms with E-state index in [1.54, 1.807) is 0 Å². The molecule has 0 radical (unpaired) electrons. The van der Waals surface area contributed by atoms with E-state index < -0.39 is 0 Å². The molecule has 0 aliphatic carbocycles. The summed E-state index contributed by atoms with van der Waals surface area (Å²) >= 11 is 0. The summed E-state index contributed by atoms with van der Waals surface area (Å²) in [7, 11) is 0. The Morgan fingerprint density at radius 3 is 2.60 bits per heavy atom. The lowest BCUT2D eigenvalue weighted by molar-refractivity contribution is 0.432. The summed E-state index contributed by atoms with van der Waals surface area (Å²) in [5, 5.41) is 4.03. The van der Waals surface area contributed by atoms with Gasteiger partial charge >= 0.3 is 0 Å². The van der Waals surface area contributed by atoms with Crippen LogP contribution in [0.1, 0.15) is 11.1 Å². The predicted molar refractivity (Wildman–Crippen MR) is 77.8 cm³/mol. The van der Waals surface area contributed by atoms with Crippen molar-refractivity contribution < 1.29 is 4.52 Å². The van der Waals surface area contributed by atoms with Gasteiger partial charge in [-0.2, -0.15) is 4.98 Å². The van der Waals surface area contributed by atoms with E-state index in [0.717, 1.165) is 16.7 Å². The van der Waals surface area contributed by atoms with Crippen LogP contribution in [-0.2, 0) is 6.54 Å². The Morgan fingerprint density at radius 1 is 1.05 bits per heavy atom. The SMILES string of the molecule is Cc1ccc(-c2noc(-c3cccc(CN)c3)n2)cc1. The van der Waals surface area contributed by atoms with E-state index in [0.29, 0.717) is 18.3 Å². The zero-order valence-corrected chi connectivity index (χ0v) is 11.2. The fraction of sp³-hybridized carbons (Fsp3) is 0.125. The second-order valence-corrected chi connectivity index (χ2v) is 4.69. The van der Waals surface area contributed by atoms with Crippen molar-refractivity contribution in [1.29, 1.82) is 0 Å². The maximum atomic E-state index is 5.64. The van der Waals surface area contributed by atoms with Crippen molar-refractivity contribution in [3.63, 3.8) is 0 Å². The van der Waals surface area contributed by atoms with Gasteiger partial charge in [-0.05, 0) is 24.6 Å². The largest absolute Gasteiger partial charge is 0.334 e. The molecule has 2 aromatic carbocycles. The van der Waals surface area contributed by atoms with E-state index in [1.165, 1.54) is 5.56 Å². The normalized spacial score (nSPS) is 10.7. The lowest BCUT2D eigenvalue weighted by Gasteiger charge is -1.98. The second-order valence-electron chi connectivity index (χ2n) is 4.69. The molecule has 0 aliphatic heterocycles. The van der Waals surface area contributed by atoms with Crippen LogP contribution in [0.2, 0.25) is 0 Å². The number of aryl methyl sites for hydroxylation is 1. The summed E-state index contributed by atoms with van der Waals surface area (Å²) in [6.07, 6.45) is 0. The summed E-state index contributed by atoms with van der Waals surface area (Å²) in [5.41, 5.74) is 9.71. The van der Waals surface area contributed by atoms with Gasteiger partial charge in [-0.1, -0.05) is 47.1 Å². The van der Waals surface area contributed by atoms with Gasteiger partial charge < -0.3 is 10.3 Å². The number of nitrogens with two attached hydrogens (primary N) is 1. The minimum atomic E-state index is 0.493. The van der Waals surface area contributed by atoms with Crippen LogP contribution in [0, 0.1) is 6.92 Å². The first-order valence-corrected chi connectivity index (χ1v) is 6.46. The van der Waals surface area contributed by atoms with Crippen molar-refractivity contribution in [2.75, 3.05) is 0 Å². The van der Waals surface area contributed by atoms with E-state index in [1.807, 2.05) is 55.5 Å². The van der Waals surface area contributed by atoms with Crippen molar-refractivity contribution in [2.45, 2.75) is 13.5 Å². The highest BCUT2D eigenvalue weighted by atomic mass is 16.5. The monoisotopic (exact) mass is 265 g/mol. The summed E-state index contributed by atoms with van der Waals surface area (Å²) in [4.78, 5) is 4.44. The average molecular weight is 265 g/mol. The van der Waals surface area contributed by atoms with Gasteiger partial charge in [0.25, 0.3) is 5.89 Å². The molecule has 1 aromatic heterocycles. The first-order valence-electron chi connectivity index (χ1n) is 6.46. The molecule has 1 heterocycles. The Hall–Kier alpha value is -2.46. The van der Waals surface area contributed by atoms with Gasteiger partial charge in [0.1, 0.15) is 0 Å². The minimum absolute atomic E-state index is 0.493. The lowest BCUT2D eigenvalue weighted by Crippen LogP contribution is -1.95. The first kappa shape index (κ1) is 12.6. The third kappa shape index (κ3) is 2.46. The van der Waals surface area contributed by atoms with Gasteiger partial charge in [0.15, 0.2) is 0 Å². The molecule has 4 nitrogen and oxygen atoms in total. The van der Waals surface area contributed by atoms with Crippen LogP contribution in [0.25, 0.3) is 22.8 Å². The topological polar surface area (TPSA) is 64.9 Å². The van der Waals surface area contributed by atoms with Crippen LogP contribution in [0.15, 0.2) is 53.1 Å². The molecule has 0 amide bonds. The molecule has 0 bridgehead atoms. The van der Waals surface area contributed by atoms with Crippen LogP contribution in [0.5, 0.6) is 0 Å². The molecule has 0 aliphatic rings. The standard InChI is InChI=1S/C16H15N3O/c1-11-5-7-13(8-6-11)15-18-16(20-19-15)14-4-2-3-12(9-14)10-17/h2-9H,10,17H2,1H3. The van der Waals surface area contributed by atoms with Gasteiger partial charge in [-0.25, -0.2) is 0 Å². The fourth-order valence-corrected chi connectivity index (χ4v) is 1.99. The van der Waals surface area contributed by atoms with Crippen LogP contribution in [-0.4, -0.2) is 10.1 Å². The van der Waals surface area contributed by atoms with Gasteiger partial charge in [-0.3, -0.25) is 0 Å². The number of hydrogen-bond acceptors (Lipinski definition) is 4. The predicted octanol–water partition coefficient (Wildman–Crippen LogP) is 3.17. The zero-order chi connectivity index (χ0) is 13.9. The highest BCUT2D eigenvalue weighted by Crippen LogP contribution is 2.23. The molecule has 2 N–H and O–H groups in total. The Labute approximate surface area is 117 Å². The Kier molecular flexibility index (Phi) is 3.31. The van der Waals surface area contributed by atoms with Crippen molar-refractivity contribution in [3.8, 4) is 22.8 Å². The summed E-state index contributed by atoms with van der Waals surface area (Å²) < 4.78 is 5.33. The second kappa shape index (κ2) is 5.27. The number of aromatic nitrogens is 2. The summed E-state index contributed by atoms with van der Waals surface area (Å²) in [5.74, 6) is 1.11. The Balaban J connectivity index is 1.95. The van der Waals surface area contributed by atoms with Gasteiger partial charge in [0.2, 0.25) is 5.82 Å². The van der Waals surface area contributed by atoms with Gasteiger partial charge in [0.05, 0.1) is 0 Å². The van der Waals surface area contributed by atoms with Crippen LogP contribution >= 0.6 is 0 Å². The molecule has 20 heavy (non-hydrogen) atoms. The van der Waals surface area contributed by atoms with E-state index in [9.17, 15) is 0 Å². The molecule has 0 saturated heterocycles. The highest BCUT2D eigenvalue weighted by molar-refractivity contribution is 5.60. The zero-order valence-electron chi connectivity index (χ0n) is 11.2. The van der Waals surface area contributed by atoms with Crippen LogP contribution in [0.4, 0.5) is 0 Å². The molecule has 0 unspecified atom stereocenters. The molecular weight excluding hydrogens is 250 g/mol. The Morgan fingerprint density at radius 2 is 1.85 bits per heavy atom. The number of benzene rings is 2. The number of hydrogen-bond donors (Lipinski definition) is 1. The van der Waals surface area contributed by atoms with Crippen LogP contribution in [0.3, 0.4) is 0 Å². The summed E-state index contributed by atoms with van der Waals surface area (Å²) in [6, 6.07) is 15.8. The molecule has 4 heteroatoms. The minimum Gasteiger partial charge on any atom is -0.334 e. The van der Waals surface area contributed by atoms with Crippen molar-refractivity contribution in [1.82, 2.24) is 10.1 Å². The van der Waals surface area contributed by atoms with Crippen LogP contribution < -0.4 is 5.73 Å². The lowest BCUT2D eigenvalue weighted by atomic mass is 10.1. The van der Waals surface area contributed by atoms with E-state index >= 15 is 0 Å². The Bertz CT molecular complexity index is 717. The molecule has 3 rings (SSSR count). The van der Waals surface area contributed by atoms with E-state index in [4.69, 9.17) is 10.3 Å². The molecule has 0 fully saturated rings. The molecule has 0 saturated carbocycles. The first-order chi connectivity index (χ1) is 9.76. The molecule has 0 spiro atoms. The van der Waals surface area contributed by atoms with Gasteiger partial charge in [0, 0.05) is 17.7 Å². The summed E-state index contributed by atoms with van der Waals surface area (Å²) in [6.45, 7) is 2.54. The van der Waals surface area contributed by atoms with E-state index in [2.05, 4.69) is 10.1 Å². The van der Waals surface area contributed by atoms with Crippen molar-refractivity contribution in [3.05, 3.63) is 59.7 Å². The highest BCUT2D eigenvalue weighted by Gasteiger charge is 2.10. The van der Waals surface area contributed by atoms with E-state index in [-0.39, 0.29) is 0 Å². The average Bonchev–Trinajstić information content (AvgIpc) is 2.98. The molecular formula is C16H15N3O. The van der Waals surface area contributed by atoms with Crippen molar-refractivity contribution in [2.24, 2.45) is 5.73 Å². The number of rotatable bonds is 3. The van der Waals surface area contributed by atoms with Crippen molar-refractivity contribution >= 4 is 0 Å². The third-order valence-electron chi connectivity index (χ3n) is 3.15. The maximum absolute atomic E-state index is 5.64. The molecule has 0 atom stereocenters. The fourth-order valence-electron chi connectivity index (χ4n) is 1.99. The third-order valence-corrected chi connectivity index (χ3v) is 3.15. The number of nitrogens with zero attached hydrogens (tertiary/aromatic N) is 2. The molecule has 100 valence electrons. The molecule has 3 aromatic rings. The maximum Gasteiger partial charge on any atom is 0.258 e.